The molecule has 10 heteroatoms. The summed E-state index contributed by atoms with van der Waals surface area (Å²) >= 11 is 1.56. The SMILES string of the molecule is CC(C)(c1cc(-c2cccc(-c3sc(-c4ccc5cnccc5c4)nc3-c3ccc(S(C)(=O)=O)cc3)c2)c2ncccc2c1)S(C)(=O)=O. The molecule has 4 aromatic carbocycles. The van der Waals surface area contributed by atoms with Gasteiger partial charge in [-0.15, -0.1) is 11.3 Å². The van der Waals surface area contributed by atoms with Gasteiger partial charge in [0.05, 0.1) is 25.7 Å². The average molecular weight is 690 g/mol. The Hall–Kier alpha value is -4.77. The molecule has 3 aromatic heterocycles. The minimum atomic E-state index is -3.43. The third kappa shape index (κ3) is 5.80. The Morgan fingerprint density at radius 2 is 1.42 bits per heavy atom. The van der Waals surface area contributed by atoms with Crippen molar-refractivity contribution in [2.24, 2.45) is 0 Å². The van der Waals surface area contributed by atoms with Gasteiger partial charge in [-0.25, -0.2) is 21.8 Å². The van der Waals surface area contributed by atoms with E-state index in [9.17, 15) is 16.8 Å². The third-order valence-corrected chi connectivity index (χ3v) is 13.2. The average Bonchev–Trinajstić information content (AvgIpc) is 3.52. The Morgan fingerprint density at radius 1 is 0.667 bits per heavy atom. The highest BCUT2D eigenvalue weighted by Crippen LogP contribution is 2.43. The number of fused-ring (bicyclic) bond motifs is 2. The van der Waals surface area contributed by atoms with E-state index in [1.807, 2.05) is 66.9 Å². The molecule has 48 heavy (non-hydrogen) atoms. The van der Waals surface area contributed by atoms with Crippen LogP contribution < -0.4 is 0 Å². The second-order valence-corrected chi connectivity index (χ2v) is 18.0. The monoisotopic (exact) mass is 689 g/mol. The number of sulfone groups is 2. The van der Waals surface area contributed by atoms with Crippen molar-refractivity contribution in [1.82, 2.24) is 15.0 Å². The van der Waals surface area contributed by atoms with Gasteiger partial charge >= 0.3 is 0 Å². The molecular formula is C38H31N3O4S3. The van der Waals surface area contributed by atoms with E-state index in [0.29, 0.717) is 5.56 Å². The van der Waals surface area contributed by atoms with Crippen LogP contribution in [0.1, 0.15) is 19.4 Å². The van der Waals surface area contributed by atoms with Crippen molar-refractivity contribution in [1.29, 1.82) is 0 Å². The Labute approximate surface area is 283 Å². The van der Waals surface area contributed by atoms with Gasteiger partial charge in [0.25, 0.3) is 0 Å². The second kappa shape index (κ2) is 11.7. The van der Waals surface area contributed by atoms with Crippen molar-refractivity contribution >= 4 is 52.7 Å². The summed E-state index contributed by atoms with van der Waals surface area (Å²) in [6, 6.07) is 30.7. The second-order valence-electron chi connectivity index (χ2n) is 12.4. The predicted octanol–water partition coefficient (Wildman–Crippen LogP) is 8.59. The highest BCUT2D eigenvalue weighted by molar-refractivity contribution is 7.91. The van der Waals surface area contributed by atoms with Crippen LogP contribution in [0.25, 0.3) is 65.1 Å². The van der Waals surface area contributed by atoms with Gasteiger partial charge < -0.3 is 0 Å². The zero-order valence-electron chi connectivity index (χ0n) is 26.7. The lowest BCUT2D eigenvalue weighted by atomic mass is 9.92. The number of rotatable bonds is 7. The molecule has 7 rings (SSSR count). The summed E-state index contributed by atoms with van der Waals surface area (Å²) in [6.45, 7) is 3.45. The molecule has 0 saturated heterocycles. The highest BCUT2D eigenvalue weighted by atomic mass is 32.2. The first-order valence-corrected chi connectivity index (χ1v) is 19.7. The van der Waals surface area contributed by atoms with Crippen molar-refractivity contribution in [3.8, 4) is 43.4 Å². The molecule has 0 saturated carbocycles. The molecule has 240 valence electrons. The maximum Gasteiger partial charge on any atom is 0.175 e. The number of thiazole rings is 1. The van der Waals surface area contributed by atoms with Gasteiger partial charge in [-0.1, -0.05) is 48.5 Å². The summed E-state index contributed by atoms with van der Waals surface area (Å²) < 4.78 is 49.0. The topological polar surface area (TPSA) is 107 Å². The first-order valence-electron chi connectivity index (χ1n) is 15.1. The van der Waals surface area contributed by atoms with E-state index < -0.39 is 24.4 Å². The minimum Gasteiger partial charge on any atom is -0.264 e. The van der Waals surface area contributed by atoms with E-state index >= 15 is 0 Å². The van der Waals surface area contributed by atoms with Crippen LogP contribution in [0.2, 0.25) is 0 Å². The van der Waals surface area contributed by atoms with E-state index in [1.165, 1.54) is 12.5 Å². The summed E-state index contributed by atoms with van der Waals surface area (Å²) in [5.41, 5.74) is 6.57. The lowest BCUT2D eigenvalue weighted by Crippen LogP contribution is -2.28. The lowest BCUT2D eigenvalue weighted by molar-refractivity contribution is 0.561. The molecule has 0 atom stereocenters. The maximum absolute atomic E-state index is 12.9. The van der Waals surface area contributed by atoms with Gasteiger partial charge in [0.1, 0.15) is 5.01 Å². The number of hydrogen-bond donors (Lipinski definition) is 0. The molecule has 0 aliphatic carbocycles. The molecule has 0 radical (unpaired) electrons. The molecule has 0 spiro atoms. The first-order chi connectivity index (χ1) is 22.8. The molecule has 3 heterocycles. The van der Waals surface area contributed by atoms with Crippen LogP contribution in [0.4, 0.5) is 0 Å². The van der Waals surface area contributed by atoms with Crippen LogP contribution in [-0.4, -0.2) is 44.3 Å². The van der Waals surface area contributed by atoms with Crippen LogP contribution in [0.5, 0.6) is 0 Å². The summed E-state index contributed by atoms with van der Waals surface area (Å²) in [4.78, 5) is 15.2. The molecule has 7 aromatic rings. The Morgan fingerprint density at radius 3 is 2.17 bits per heavy atom. The molecule has 0 unspecified atom stereocenters. The number of aromatic nitrogens is 3. The van der Waals surface area contributed by atoms with Gasteiger partial charge in [0.15, 0.2) is 19.7 Å². The van der Waals surface area contributed by atoms with Crippen molar-refractivity contribution in [3.05, 3.63) is 121 Å². The standard InChI is InChI=1S/C38H31N3O4S3/c1-38(2,48(4,44)45)31-21-27-9-6-17-40-34(27)33(22-31)26-7-5-8-28(20-26)36-35(24-12-14-32(15-13-24)47(3,42)43)41-37(46-36)29-10-11-30-23-39-18-16-25(30)19-29/h5-23H,1-4H3. The Bertz CT molecular complexity index is 2590. The maximum atomic E-state index is 12.9. The summed E-state index contributed by atoms with van der Waals surface area (Å²) in [5.74, 6) is 0. The van der Waals surface area contributed by atoms with E-state index in [0.717, 1.165) is 65.1 Å². The molecule has 0 fully saturated rings. The van der Waals surface area contributed by atoms with Crippen LogP contribution in [0.15, 0.2) is 121 Å². The largest absolute Gasteiger partial charge is 0.264 e. The number of pyridine rings is 2. The van der Waals surface area contributed by atoms with Gasteiger partial charge in [-0.2, -0.15) is 0 Å². The van der Waals surface area contributed by atoms with E-state index in [-0.39, 0.29) is 4.90 Å². The minimum absolute atomic E-state index is 0.240. The van der Waals surface area contributed by atoms with Crippen LogP contribution in [0.3, 0.4) is 0 Å². The van der Waals surface area contributed by atoms with Crippen molar-refractivity contribution in [3.63, 3.8) is 0 Å². The van der Waals surface area contributed by atoms with E-state index in [1.54, 1.807) is 61.8 Å². The molecule has 7 nitrogen and oxygen atoms in total. The lowest BCUT2D eigenvalue weighted by Gasteiger charge is -2.24. The van der Waals surface area contributed by atoms with Gasteiger partial charge in [-0.05, 0) is 84.5 Å². The normalized spacial score (nSPS) is 12.5. The number of hydrogen-bond acceptors (Lipinski definition) is 8. The predicted molar refractivity (Wildman–Crippen MR) is 195 cm³/mol. The number of benzene rings is 4. The van der Waals surface area contributed by atoms with E-state index in [4.69, 9.17) is 9.97 Å². The molecule has 0 N–H and O–H groups in total. The van der Waals surface area contributed by atoms with Gasteiger partial charge in [0, 0.05) is 58.6 Å². The fourth-order valence-corrected chi connectivity index (χ4v) is 7.97. The molecule has 0 aliphatic rings. The fourth-order valence-electron chi connectivity index (χ4n) is 5.71. The Kier molecular flexibility index (Phi) is 7.77. The van der Waals surface area contributed by atoms with Gasteiger partial charge in [0.2, 0.25) is 0 Å². The highest BCUT2D eigenvalue weighted by Gasteiger charge is 2.33. The molecule has 0 bridgehead atoms. The quantitative estimate of drug-likeness (QED) is 0.165. The summed E-state index contributed by atoms with van der Waals surface area (Å²) in [7, 11) is -6.80. The molecular weight excluding hydrogens is 659 g/mol. The fraction of sp³-hybridized carbons (Fsp3) is 0.132. The Balaban J connectivity index is 1.42. The van der Waals surface area contributed by atoms with Crippen molar-refractivity contribution < 1.29 is 16.8 Å². The molecule has 0 aliphatic heterocycles. The van der Waals surface area contributed by atoms with Gasteiger partial charge in [-0.3, -0.25) is 9.97 Å². The zero-order chi connectivity index (χ0) is 33.8. The van der Waals surface area contributed by atoms with Crippen molar-refractivity contribution in [2.45, 2.75) is 23.5 Å². The third-order valence-electron chi connectivity index (χ3n) is 8.83. The van der Waals surface area contributed by atoms with Crippen molar-refractivity contribution in [2.75, 3.05) is 12.5 Å². The first kappa shape index (κ1) is 31.8. The smallest absolute Gasteiger partial charge is 0.175 e. The van der Waals surface area contributed by atoms with Crippen LogP contribution >= 0.6 is 11.3 Å². The van der Waals surface area contributed by atoms with Crippen LogP contribution in [-0.2, 0) is 24.4 Å². The summed E-state index contributed by atoms with van der Waals surface area (Å²) in [6.07, 6.45) is 7.80. The zero-order valence-corrected chi connectivity index (χ0v) is 29.1. The van der Waals surface area contributed by atoms with E-state index in [2.05, 4.69) is 17.1 Å². The number of nitrogens with zero attached hydrogens (tertiary/aromatic N) is 3. The molecule has 0 amide bonds. The van der Waals surface area contributed by atoms with Crippen LogP contribution in [0, 0.1) is 0 Å². The summed E-state index contributed by atoms with van der Waals surface area (Å²) in [5, 5.41) is 3.76.